The number of carbonyl (C=O) groups is 1. The Morgan fingerprint density at radius 3 is 2.46 bits per heavy atom. The molecule has 1 aliphatic rings. The molecular formula is C20H26BN3O2. The molecule has 0 atom stereocenters. The predicted octanol–water partition coefficient (Wildman–Crippen LogP) is 3.11. The van der Waals surface area contributed by atoms with Crippen LogP contribution in [-0.4, -0.2) is 37.3 Å². The number of rotatable bonds is 3. The Bertz CT molecular complexity index is 771. The molecule has 2 radical (unpaired) electrons. The highest BCUT2D eigenvalue weighted by Gasteiger charge is 2.32. The molecule has 1 aromatic rings. The van der Waals surface area contributed by atoms with Crippen molar-refractivity contribution in [2.75, 3.05) is 6.54 Å². The Labute approximate surface area is 157 Å². The average molecular weight is 351 g/mol. The minimum atomic E-state index is -0.564. The fourth-order valence-electron chi connectivity index (χ4n) is 2.85. The second-order valence-corrected chi connectivity index (χ2v) is 7.38. The number of allylic oxidation sites excluding steroid dienone is 1. The maximum Gasteiger partial charge on any atom is 0.414 e. The van der Waals surface area contributed by atoms with Crippen LogP contribution < -0.4 is 11.2 Å². The molecule has 5 nitrogen and oxygen atoms in total. The molecule has 2 rings (SSSR count). The largest absolute Gasteiger partial charge is 0.443 e. The smallest absolute Gasteiger partial charge is 0.414 e. The van der Waals surface area contributed by atoms with Gasteiger partial charge in [-0.2, -0.15) is 0 Å². The van der Waals surface area contributed by atoms with E-state index in [2.05, 4.69) is 4.99 Å². The van der Waals surface area contributed by atoms with Crippen LogP contribution in [0.3, 0.4) is 0 Å². The zero-order valence-electron chi connectivity index (χ0n) is 16.2. The van der Waals surface area contributed by atoms with Crippen molar-refractivity contribution in [1.29, 1.82) is 0 Å². The zero-order chi connectivity index (χ0) is 19.5. The molecule has 26 heavy (non-hydrogen) atoms. The van der Waals surface area contributed by atoms with Crippen molar-refractivity contribution in [3.63, 3.8) is 0 Å². The summed E-state index contributed by atoms with van der Waals surface area (Å²) >= 11 is 0. The fraction of sp³-hybridized carbons (Fsp3) is 0.400. The first-order chi connectivity index (χ1) is 12.1. The van der Waals surface area contributed by atoms with E-state index in [1.54, 1.807) is 4.90 Å². The number of nitrogens with zero attached hydrogens (tertiary/aromatic N) is 2. The quantitative estimate of drug-likeness (QED) is 0.517. The van der Waals surface area contributed by atoms with E-state index in [4.69, 9.17) is 18.3 Å². The Hall–Kier alpha value is -2.50. The third kappa shape index (κ3) is 4.56. The lowest BCUT2D eigenvalue weighted by Crippen LogP contribution is -2.35. The molecule has 0 fully saturated rings. The van der Waals surface area contributed by atoms with Crippen molar-refractivity contribution in [3.8, 4) is 0 Å². The number of ether oxygens (including phenoxy) is 1. The van der Waals surface area contributed by atoms with Crippen LogP contribution >= 0.6 is 0 Å². The summed E-state index contributed by atoms with van der Waals surface area (Å²) in [5.74, 6) is 0. The van der Waals surface area contributed by atoms with Gasteiger partial charge in [0, 0.05) is 6.54 Å². The van der Waals surface area contributed by atoms with Gasteiger partial charge in [-0.1, -0.05) is 29.7 Å². The second kappa shape index (κ2) is 7.81. The first-order valence-corrected chi connectivity index (χ1v) is 8.65. The van der Waals surface area contributed by atoms with Gasteiger partial charge in [-0.15, -0.1) is 0 Å². The predicted molar refractivity (Wildman–Crippen MR) is 107 cm³/mol. The molecule has 1 aromatic carbocycles. The fourth-order valence-corrected chi connectivity index (χ4v) is 2.85. The third-order valence-corrected chi connectivity index (χ3v) is 4.13. The summed E-state index contributed by atoms with van der Waals surface area (Å²) < 4.78 is 5.56. The van der Waals surface area contributed by atoms with Gasteiger partial charge >= 0.3 is 6.09 Å². The van der Waals surface area contributed by atoms with Gasteiger partial charge in [0.25, 0.3) is 0 Å². The van der Waals surface area contributed by atoms with Crippen LogP contribution in [0.1, 0.15) is 46.6 Å². The number of amides is 1. The molecule has 0 aromatic heterocycles. The molecule has 0 bridgehead atoms. The van der Waals surface area contributed by atoms with Crippen LogP contribution in [0.2, 0.25) is 0 Å². The summed E-state index contributed by atoms with van der Waals surface area (Å²) in [6, 6.07) is 7.53. The van der Waals surface area contributed by atoms with E-state index in [9.17, 15) is 4.79 Å². The summed E-state index contributed by atoms with van der Waals surface area (Å²) in [7, 11) is 5.78. The highest BCUT2D eigenvalue weighted by molar-refractivity contribution is 6.32. The minimum absolute atomic E-state index is 0.376. The lowest BCUT2D eigenvalue weighted by Gasteiger charge is -2.27. The maximum atomic E-state index is 12.7. The summed E-state index contributed by atoms with van der Waals surface area (Å²) in [4.78, 5) is 18.7. The van der Waals surface area contributed by atoms with Gasteiger partial charge in [0.05, 0.1) is 17.7 Å². The van der Waals surface area contributed by atoms with Gasteiger partial charge in [0.15, 0.2) is 0 Å². The van der Waals surface area contributed by atoms with Gasteiger partial charge in [-0.25, -0.2) is 9.79 Å². The van der Waals surface area contributed by atoms with Gasteiger partial charge in [0.1, 0.15) is 13.4 Å². The van der Waals surface area contributed by atoms with Crippen molar-refractivity contribution in [2.24, 2.45) is 10.7 Å². The lowest BCUT2D eigenvalue weighted by atomic mass is 9.93. The lowest BCUT2D eigenvalue weighted by molar-refractivity contribution is 0.0333. The molecule has 0 saturated heterocycles. The first kappa shape index (κ1) is 19.8. The summed E-state index contributed by atoms with van der Waals surface area (Å²) in [6.07, 6.45) is 1.65. The molecular weight excluding hydrogens is 325 g/mol. The molecule has 2 N–H and O–H groups in total. The average Bonchev–Trinajstić information content (AvgIpc) is 2.93. The minimum Gasteiger partial charge on any atom is -0.443 e. The topological polar surface area (TPSA) is 67.9 Å². The van der Waals surface area contributed by atoms with Crippen LogP contribution in [0.5, 0.6) is 0 Å². The Balaban J connectivity index is 2.50. The van der Waals surface area contributed by atoms with Crippen molar-refractivity contribution in [2.45, 2.75) is 46.6 Å². The van der Waals surface area contributed by atoms with E-state index in [1.807, 2.05) is 58.9 Å². The van der Waals surface area contributed by atoms with Gasteiger partial charge in [-0.05, 0) is 57.7 Å². The maximum absolute atomic E-state index is 12.7. The van der Waals surface area contributed by atoms with Crippen LogP contribution in [0.15, 0.2) is 46.2 Å². The molecule has 6 heteroatoms. The summed E-state index contributed by atoms with van der Waals surface area (Å²) in [6.45, 7) is 10.1. The van der Waals surface area contributed by atoms with E-state index in [-0.39, 0.29) is 6.09 Å². The van der Waals surface area contributed by atoms with Crippen LogP contribution in [0, 0.1) is 0 Å². The number of hydrogen-bond donors (Lipinski definition) is 1. The van der Waals surface area contributed by atoms with E-state index < -0.39 is 5.60 Å². The van der Waals surface area contributed by atoms with E-state index in [1.165, 1.54) is 6.34 Å². The van der Waals surface area contributed by atoms with Crippen molar-refractivity contribution < 1.29 is 9.53 Å². The van der Waals surface area contributed by atoms with Gasteiger partial charge in [-0.3, -0.25) is 4.90 Å². The number of hydrogen-bond acceptors (Lipinski definition) is 3. The number of carbonyl (C=O) groups excluding carboxylic acids is 1. The van der Waals surface area contributed by atoms with Crippen LogP contribution in [0.4, 0.5) is 4.79 Å². The van der Waals surface area contributed by atoms with E-state index in [0.717, 1.165) is 28.8 Å². The number of nitrogens with two attached hydrogens (primary N) is 1. The van der Waals surface area contributed by atoms with E-state index in [0.29, 0.717) is 17.7 Å². The Kier molecular flexibility index (Phi) is 5.96. The SMILES string of the molecule is [B]c1ccc(C(C)=C(N=CN)C2=C(C)CCN2C(=O)OC(C)(C)C)cc1. The molecule has 1 heterocycles. The number of benzene rings is 1. The number of aliphatic imine (C=N–C) groups is 1. The Morgan fingerprint density at radius 2 is 1.92 bits per heavy atom. The zero-order valence-corrected chi connectivity index (χ0v) is 16.2. The molecule has 0 spiro atoms. The molecule has 1 aliphatic heterocycles. The van der Waals surface area contributed by atoms with Crippen LogP contribution in [0.25, 0.3) is 5.57 Å². The standard InChI is InChI=1S/C20H26BN3O2/c1-13-10-11-24(19(25)26-20(3,4)5)18(13)17(23-12-22)14(2)15-6-8-16(21)9-7-15/h6-9,12H,10-11H2,1-5H3,(H2,22,23). The van der Waals surface area contributed by atoms with Crippen molar-refractivity contribution in [3.05, 3.63) is 46.8 Å². The molecule has 0 saturated carbocycles. The van der Waals surface area contributed by atoms with Gasteiger partial charge in [0.2, 0.25) is 0 Å². The Morgan fingerprint density at radius 1 is 1.31 bits per heavy atom. The second-order valence-electron chi connectivity index (χ2n) is 7.38. The van der Waals surface area contributed by atoms with Crippen LogP contribution in [-0.2, 0) is 4.74 Å². The van der Waals surface area contributed by atoms with E-state index >= 15 is 0 Å². The van der Waals surface area contributed by atoms with Crippen molar-refractivity contribution in [1.82, 2.24) is 4.90 Å². The molecule has 136 valence electrons. The highest BCUT2D eigenvalue weighted by Crippen LogP contribution is 2.34. The molecule has 0 unspecified atom stereocenters. The summed E-state index contributed by atoms with van der Waals surface area (Å²) in [5, 5.41) is 0. The molecule has 0 aliphatic carbocycles. The normalized spacial score (nSPS) is 16.3. The molecule has 1 amide bonds. The highest BCUT2D eigenvalue weighted by atomic mass is 16.6. The van der Waals surface area contributed by atoms with Gasteiger partial charge < -0.3 is 10.5 Å². The third-order valence-electron chi connectivity index (χ3n) is 4.13. The monoisotopic (exact) mass is 351 g/mol. The first-order valence-electron chi connectivity index (χ1n) is 8.65. The summed E-state index contributed by atoms with van der Waals surface area (Å²) in [5.41, 5.74) is 10.1. The van der Waals surface area contributed by atoms with Crippen molar-refractivity contribution >= 4 is 31.3 Å².